The number of carbonyl (C=O) groups excluding carboxylic acids is 2. The van der Waals surface area contributed by atoms with Crippen molar-refractivity contribution in [3.63, 3.8) is 0 Å². The highest BCUT2D eigenvalue weighted by Gasteiger charge is 2.45. The van der Waals surface area contributed by atoms with Crippen LogP contribution in [-0.4, -0.2) is 54.7 Å². The van der Waals surface area contributed by atoms with Gasteiger partial charge in [-0.05, 0) is 37.8 Å². The lowest BCUT2D eigenvalue weighted by Gasteiger charge is -2.31. The maximum Gasteiger partial charge on any atom is 0.406 e. The van der Waals surface area contributed by atoms with Gasteiger partial charge in [0.15, 0.2) is 0 Å². The van der Waals surface area contributed by atoms with Crippen molar-refractivity contribution < 1.29 is 31.2 Å². The van der Waals surface area contributed by atoms with Crippen LogP contribution >= 0.6 is 0 Å². The van der Waals surface area contributed by atoms with Gasteiger partial charge in [0.05, 0.1) is 5.56 Å². The predicted octanol–water partition coefficient (Wildman–Crippen LogP) is 2.02. The first-order chi connectivity index (χ1) is 12.0. The molecule has 1 aromatic rings. The van der Waals surface area contributed by atoms with Gasteiger partial charge in [-0.25, -0.2) is 12.7 Å². The van der Waals surface area contributed by atoms with Gasteiger partial charge in [0.25, 0.3) is 15.9 Å². The van der Waals surface area contributed by atoms with E-state index in [9.17, 15) is 31.2 Å². The molecule has 1 aliphatic heterocycles. The molecule has 0 saturated heterocycles. The Morgan fingerprint density at radius 3 is 2.46 bits per heavy atom. The Hall–Kier alpha value is -2.10. The molecule has 1 aromatic carbocycles. The minimum Gasteiger partial charge on any atom is -0.329 e. The number of fused-ring (bicyclic) bond motifs is 1. The number of halogens is 3. The molecule has 2 aliphatic rings. The van der Waals surface area contributed by atoms with Crippen LogP contribution in [0.3, 0.4) is 0 Å². The van der Waals surface area contributed by atoms with Crippen LogP contribution in [0.25, 0.3) is 0 Å². The average Bonchev–Trinajstić information content (AvgIpc) is 3.37. The summed E-state index contributed by atoms with van der Waals surface area (Å²) in [6, 6.07) is 4.77. The van der Waals surface area contributed by atoms with Gasteiger partial charge in [0.2, 0.25) is 5.91 Å². The van der Waals surface area contributed by atoms with E-state index in [0.717, 1.165) is 12.8 Å². The van der Waals surface area contributed by atoms with Crippen molar-refractivity contribution >= 4 is 21.8 Å². The molecule has 1 saturated carbocycles. The molecule has 10 heteroatoms. The van der Waals surface area contributed by atoms with Crippen molar-refractivity contribution in [1.82, 2.24) is 9.21 Å². The second-order valence-electron chi connectivity index (χ2n) is 6.53. The minimum absolute atomic E-state index is 0.0376. The normalized spacial score (nSPS) is 20.0. The van der Waals surface area contributed by atoms with Crippen LogP contribution in [0, 0.1) is 5.92 Å². The van der Waals surface area contributed by atoms with Gasteiger partial charge >= 0.3 is 6.18 Å². The van der Waals surface area contributed by atoms with Crippen molar-refractivity contribution in [2.24, 2.45) is 5.92 Å². The molecule has 0 aromatic heterocycles. The summed E-state index contributed by atoms with van der Waals surface area (Å²) >= 11 is 0. The molecule has 0 radical (unpaired) electrons. The first kappa shape index (κ1) is 18.7. The van der Waals surface area contributed by atoms with E-state index in [1.165, 1.54) is 31.2 Å². The summed E-state index contributed by atoms with van der Waals surface area (Å²) in [6.45, 7) is -0.905. The number of nitrogens with zero attached hydrogens (tertiary/aromatic N) is 2. The fourth-order valence-corrected chi connectivity index (χ4v) is 4.60. The van der Waals surface area contributed by atoms with Gasteiger partial charge in [-0.1, -0.05) is 12.1 Å². The zero-order chi connectivity index (χ0) is 19.3. The molecule has 142 valence electrons. The summed E-state index contributed by atoms with van der Waals surface area (Å²) in [5.74, 6) is -1.98. The zero-order valence-electron chi connectivity index (χ0n) is 13.9. The van der Waals surface area contributed by atoms with E-state index in [1.54, 1.807) is 0 Å². The molecule has 1 fully saturated rings. The van der Waals surface area contributed by atoms with Crippen molar-refractivity contribution in [2.75, 3.05) is 13.1 Å². The molecule has 0 bridgehead atoms. The van der Waals surface area contributed by atoms with Crippen LogP contribution < -0.4 is 0 Å². The van der Waals surface area contributed by atoms with Gasteiger partial charge in [-0.2, -0.15) is 13.2 Å². The van der Waals surface area contributed by atoms with Crippen molar-refractivity contribution in [2.45, 2.75) is 36.9 Å². The highest BCUT2D eigenvalue weighted by Crippen LogP contribution is 2.37. The average molecular weight is 390 g/mol. The Bertz CT molecular complexity index is 849. The zero-order valence-corrected chi connectivity index (χ0v) is 14.7. The van der Waals surface area contributed by atoms with Gasteiger partial charge in [-0.3, -0.25) is 9.59 Å². The molecule has 1 heterocycles. The molecule has 1 aliphatic carbocycles. The maximum absolute atomic E-state index is 12.9. The van der Waals surface area contributed by atoms with Crippen molar-refractivity contribution in [1.29, 1.82) is 0 Å². The highest BCUT2D eigenvalue weighted by atomic mass is 32.2. The first-order valence-electron chi connectivity index (χ1n) is 8.04. The Morgan fingerprint density at radius 1 is 1.31 bits per heavy atom. The third kappa shape index (κ3) is 3.42. The van der Waals surface area contributed by atoms with Crippen LogP contribution in [0.5, 0.6) is 0 Å². The molecule has 0 spiro atoms. The van der Waals surface area contributed by atoms with E-state index in [4.69, 9.17) is 0 Å². The molecule has 26 heavy (non-hydrogen) atoms. The van der Waals surface area contributed by atoms with E-state index in [1.807, 2.05) is 0 Å². The van der Waals surface area contributed by atoms with Crippen LogP contribution in [-0.2, 0) is 14.8 Å². The number of amides is 2. The third-order valence-electron chi connectivity index (χ3n) is 4.66. The third-order valence-corrected chi connectivity index (χ3v) is 6.44. The van der Waals surface area contributed by atoms with Gasteiger partial charge in [-0.15, -0.1) is 0 Å². The molecule has 6 nitrogen and oxygen atoms in total. The van der Waals surface area contributed by atoms with Gasteiger partial charge in [0.1, 0.15) is 18.0 Å². The molecular weight excluding hydrogens is 373 g/mol. The first-order valence-corrected chi connectivity index (χ1v) is 9.48. The van der Waals surface area contributed by atoms with Crippen LogP contribution in [0.15, 0.2) is 29.2 Å². The predicted molar refractivity (Wildman–Crippen MR) is 84.6 cm³/mol. The quantitative estimate of drug-likeness (QED) is 0.771. The Balaban J connectivity index is 1.84. The fourth-order valence-electron chi connectivity index (χ4n) is 3.09. The lowest BCUT2D eigenvalue weighted by molar-refractivity contribution is -0.165. The summed E-state index contributed by atoms with van der Waals surface area (Å²) in [6.07, 6.45) is -3.18. The smallest absolute Gasteiger partial charge is 0.329 e. The molecular formula is C16H17F3N2O4S. The summed E-state index contributed by atoms with van der Waals surface area (Å²) in [5, 5.41) is 0. The van der Waals surface area contributed by atoms with E-state index in [-0.39, 0.29) is 16.4 Å². The van der Waals surface area contributed by atoms with Crippen molar-refractivity contribution in [3.05, 3.63) is 29.8 Å². The van der Waals surface area contributed by atoms with Crippen molar-refractivity contribution in [3.8, 4) is 0 Å². The lowest BCUT2D eigenvalue weighted by Crippen LogP contribution is -2.50. The van der Waals surface area contributed by atoms with E-state index in [2.05, 4.69) is 0 Å². The second kappa shape index (κ2) is 6.26. The van der Waals surface area contributed by atoms with Gasteiger partial charge in [0, 0.05) is 6.04 Å². The van der Waals surface area contributed by atoms with E-state index in [0.29, 0.717) is 9.21 Å². The number of carbonyl (C=O) groups is 2. The van der Waals surface area contributed by atoms with Crippen LogP contribution in [0.1, 0.15) is 30.1 Å². The van der Waals surface area contributed by atoms with Crippen LogP contribution in [0.4, 0.5) is 13.2 Å². The number of hydrogen-bond acceptors (Lipinski definition) is 4. The summed E-state index contributed by atoms with van der Waals surface area (Å²) in [5.41, 5.74) is -0.0853. The molecule has 0 unspecified atom stereocenters. The molecule has 3 rings (SSSR count). The lowest BCUT2D eigenvalue weighted by atomic mass is 10.1. The summed E-state index contributed by atoms with van der Waals surface area (Å²) < 4.78 is 63.9. The monoisotopic (exact) mass is 390 g/mol. The SMILES string of the molecule is C[C@H](C1CC1)N(CC(F)(F)F)C(=O)CN1C(=O)c2ccccc2S1(=O)=O. The number of benzene rings is 1. The molecule has 2 amide bonds. The highest BCUT2D eigenvalue weighted by molar-refractivity contribution is 7.90. The second-order valence-corrected chi connectivity index (χ2v) is 8.36. The Morgan fingerprint density at radius 2 is 1.92 bits per heavy atom. The van der Waals surface area contributed by atoms with Gasteiger partial charge < -0.3 is 4.90 Å². The Kier molecular flexibility index (Phi) is 4.50. The molecule has 0 N–H and O–H groups in total. The topological polar surface area (TPSA) is 74.8 Å². The minimum atomic E-state index is -4.62. The Labute approximate surface area is 148 Å². The maximum atomic E-state index is 12.9. The van der Waals surface area contributed by atoms with E-state index < -0.39 is 47.1 Å². The summed E-state index contributed by atoms with van der Waals surface area (Å²) in [7, 11) is -4.24. The number of hydrogen-bond donors (Lipinski definition) is 0. The largest absolute Gasteiger partial charge is 0.406 e. The number of sulfonamides is 1. The van der Waals surface area contributed by atoms with Crippen LogP contribution in [0.2, 0.25) is 0 Å². The number of rotatable bonds is 5. The fraction of sp³-hybridized carbons (Fsp3) is 0.500. The summed E-state index contributed by atoms with van der Waals surface area (Å²) in [4.78, 5) is 25.2. The standard InChI is InChI=1S/C16H17F3N2O4S/c1-10(11-6-7-11)20(9-16(17,18)19)14(22)8-21-15(23)12-4-2-3-5-13(12)26(21,24)25/h2-5,10-11H,6-9H2,1H3/t10-/m1/s1. The molecule has 1 atom stereocenters. The van der Waals surface area contributed by atoms with E-state index >= 15 is 0 Å². The number of alkyl halides is 3.